The quantitative estimate of drug-likeness (QED) is 0.692. The van der Waals surface area contributed by atoms with Crippen LogP contribution in [0.5, 0.6) is 0 Å². The first-order valence-corrected chi connectivity index (χ1v) is 8.89. The van der Waals surface area contributed by atoms with Crippen molar-refractivity contribution in [1.82, 2.24) is 15.5 Å². The van der Waals surface area contributed by atoms with Gasteiger partial charge in [-0.05, 0) is 31.0 Å². The van der Waals surface area contributed by atoms with E-state index < -0.39 is 0 Å². The van der Waals surface area contributed by atoms with Gasteiger partial charge >= 0.3 is 0 Å². The van der Waals surface area contributed by atoms with Crippen molar-refractivity contribution in [3.05, 3.63) is 71.6 Å². The van der Waals surface area contributed by atoms with E-state index in [1.807, 2.05) is 30.3 Å². The molecule has 0 aliphatic heterocycles. The van der Waals surface area contributed by atoms with Gasteiger partial charge in [0.1, 0.15) is 0 Å². The second-order valence-corrected chi connectivity index (χ2v) is 6.31. The SMILES string of the molecule is CCC(NC(=O)CCc1nnc(-c2ccccc2)o1)c1ccc(C)cc1. The van der Waals surface area contributed by atoms with Gasteiger partial charge in [-0.2, -0.15) is 0 Å². The molecule has 2 aromatic carbocycles. The number of nitrogens with one attached hydrogen (secondary N) is 1. The van der Waals surface area contributed by atoms with Crippen molar-refractivity contribution in [2.24, 2.45) is 0 Å². The predicted molar refractivity (Wildman–Crippen MR) is 100 cm³/mol. The molecule has 1 unspecified atom stereocenters. The number of aryl methyl sites for hydroxylation is 2. The first-order valence-electron chi connectivity index (χ1n) is 8.89. The molecule has 0 saturated carbocycles. The van der Waals surface area contributed by atoms with Crippen molar-refractivity contribution < 1.29 is 9.21 Å². The zero-order valence-corrected chi connectivity index (χ0v) is 15.1. The number of nitrogens with zero attached hydrogens (tertiary/aromatic N) is 2. The molecule has 26 heavy (non-hydrogen) atoms. The minimum atomic E-state index is -0.0168. The van der Waals surface area contributed by atoms with Gasteiger partial charge in [0.15, 0.2) is 0 Å². The second-order valence-electron chi connectivity index (χ2n) is 6.31. The van der Waals surface area contributed by atoms with E-state index >= 15 is 0 Å². The number of benzene rings is 2. The average Bonchev–Trinajstić information content (AvgIpc) is 3.15. The van der Waals surface area contributed by atoms with E-state index in [9.17, 15) is 4.79 Å². The van der Waals surface area contributed by atoms with Gasteiger partial charge in [-0.15, -0.1) is 10.2 Å². The first kappa shape index (κ1) is 17.9. The molecule has 1 heterocycles. The fourth-order valence-electron chi connectivity index (χ4n) is 2.76. The van der Waals surface area contributed by atoms with E-state index in [2.05, 4.69) is 53.6 Å². The van der Waals surface area contributed by atoms with Crippen molar-refractivity contribution in [2.45, 2.75) is 39.2 Å². The highest BCUT2D eigenvalue weighted by Gasteiger charge is 2.14. The van der Waals surface area contributed by atoms with Crippen LogP contribution in [-0.4, -0.2) is 16.1 Å². The molecule has 3 aromatic rings. The van der Waals surface area contributed by atoms with Crippen molar-refractivity contribution in [2.75, 3.05) is 0 Å². The van der Waals surface area contributed by atoms with Crippen LogP contribution in [0.25, 0.3) is 11.5 Å². The molecule has 5 heteroatoms. The third-order valence-corrected chi connectivity index (χ3v) is 4.28. The molecule has 0 bridgehead atoms. The maximum atomic E-state index is 12.3. The molecule has 5 nitrogen and oxygen atoms in total. The number of carbonyl (C=O) groups is 1. The molecular formula is C21H23N3O2. The minimum Gasteiger partial charge on any atom is -0.421 e. The van der Waals surface area contributed by atoms with Crippen LogP contribution >= 0.6 is 0 Å². The van der Waals surface area contributed by atoms with Crippen molar-refractivity contribution in [3.63, 3.8) is 0 Å². The summed E-state index contributed by atoms with van der Waals surface area (Å²) in [6.07, 6.45) is 1.59. The highest BCUT2D eigenvalue weighted by atomic mass is 16.4. The number of aromatic nitrogens is 2. The Morgan fingerprint density at radius 2 is 1.81 bits per heavy atom. The summed E-state index contributed by atoms with van der Waals surface area (Å²) in [6.45, 7) is 4.12. The summed E-state index contributed by atoms with van der Waals surface area (Å²) < 4.78 is 5.65. The normalized spacial score (nSPS) is 11.9. The lowest BCUT2D eigenvalue weighted by Gasteiger charge is -2.17. The summed E-state index contributed by atoms with van der Waals surface area (Å²) in [5.41, 5.74) is 3.21. The molecule has 1 atom stereocenters. The van der Waals surface area contributed by atoms with E-state index in [0.717, 1.165) is 17.5 Å². The van der Waals surface area contributed by atoms with E-state index in [1.165, 1.54) is 5.56 Å². The van der Waals surface area contributed by atoms with Crippen LogP contribution in [0.4, 0.5) is 0 Å². The van der Waals surface area contributed by atoms with Gasteiger partial charge in [-0.25, -0.2) is 0 Å². The van der Waals surface area contributed by atoms with E-state index in [1.54, 1.807) is 0 Å². The monoisotopic (exact) mass is 349 g/mol. The van der Waals surface area contributed by atoms with Crippen LogP contribution in [-0.2, 0) is 11.2 Å². The van der Waals surface area contributed by atoms with Crippen LogP contribution < -0.4 is 5.32 Å². The van der Waals surface area contributed by atoms with E-state index in [0.29, 0.717) is 24.6 Å². The Kier molecular flexibility index (Phi) is 5.79. The minimum absolute atomic E-state index is 0.0168. The molecule has 0 saturated heterocycles. The molecule has 0 aliphatic rings. The maximum Gasteiger partial charge on any atom is 0.247 e. The Morgan fingerprint density at radius 3 is 2.50 bits per heavy atom. The highest BCUT2D eigenvalue weighted by molar-refractivity contribution is 5.76. The molecule has 0 fully saturated rings. The third kappa shape index (κ3) is 4.57. The third-order valence-electron chi connectivity index (χ3n) is 4.28. The molecule has 0 aliphatic carbocycles. The van der Waals surface area contributed by atoms with Crippen molar-refractivity contribution in [1.29, 1.82) is 0 Å². The Morgan fingerprint density at radius 1 is 1.08 bits per heavy atom. The number of rotatable bonds is 7. The van der Waals surface area contributed by atoms with E-state index in [4.69, 9.17) is 4.42 Å². The standard InChI is InChI=1S/C21H23N3O2/c1-3-18(16-11-9-15(2)10-12-16)22-19(25)13-14-20-23-24-21(26-20)17-7-5-4-6-8-17/h4-12,18H,3,13-14H2,1-2H3,(H,22,25). The van der Waals surface area contributed by atoms with Gasteiger partial charge in [0.25, 0.3) is 0 Å². The van der Waals surface area contributed by atoms with Gasteiger partial charge in [-0.3, -0.25) is 4.79 Å². The molecule has 1 aromatic heterocycles. The fourth-order valence-corrected chi connectivity index (χ4v) is 2.76. The van der Waals surface area contributed by atoms with Crippen LogP contribution in [0, 0.1) is 6.92 Å². The van der Waals surface area contributed by atoms with Crippen LogP contribution in [0.2, 0.25) is 0 Å². The number of carbonyl (C=O) groups excluding carboxylic acids is 1. The lowest BCUT2D eigenvalue weighted by molar-refractivity contribution is -0.121. The van der Waals surface area contributed by atoms with Crippen LogP contribution in [0.3, 0.4) is 0 Å². The van der Waals surface area contributed by atoms with Crippen molar-refractivity contribution >= 4 is 5.91 Å². The van der Waals surface area contributed by atoms with Gasteiger partial charge in [0.05, 0.1) is 6.04 Å². The summed E-state index contributed by atoms with van der Waals surface area (Å²) in [7, 11) is 0. The molecule has 134 valence electrons. The second kappa shape index (κ2) is 8.43. The molecule has 1 N–H and O–H groups in total. The topological polar surface area (TPSA) is 68.0 Å². The molecule has 0 radical (unpaired) electrons. The summed E-state index contributed by atoms with van der Waals surface area (Å²) in [5.74, 6) is 0.936. The largest absolute Gasteiger partial charge is 0.421 e. The van der Waals surface area contributed by atoms with Crippen LogP contribution in [0.1, 0.15) is 42.8 Å². The molecule has 0 spiro atoms. The van der Waals surface area contributed by atoms with Gasteiger partial charge in [0.2, 0.25) is 17.7 Å². The average molecular weight is 349 g/mol. The maximum absolute atomic E-state index is 12.3. The Balaban J connectivity index is 1.55. The Labute approximate surface area is 153 Å². The highest BCUT2D eigenvalue weighted by Crippen LogP contribution is 2.19. The van der Waals surface area contributed by atoms with Gasteiger partial charge in [0, 0.05) is 18.4 Å². The van der Waals surface area contributed by atoms with Gasteiger partial charge < -0.3 is 9.73 Å². The molecule has 3 rings (SSSR count). The summed E-state index contributed by atoms with van der Waals surface area (Å²) in [6, 6.07) is 17.9. The smallest absolute Gasteiger partial charge is 0.247 e. The van der Waals surface area contributed by atoms with E-state index in [-0.39, 0.29) is 11.9 Å². The lowest BCUT2D eigenvalue weighted by Crippen LogP contribution is -2.28. The summed E-state index contributed by atoms with van der Waals surface area (Å²) in [4.78, 5) is 12.3. The molecular weight excluding hydrogens is 326 g/mol. The Bertz CT molecular complexity index is 841. The Hall–Kier alpha value is -2.95. The summed E-state index contributed by atoms with van der Waals surface area (Å²) in [5, 5.41) is 11.2. The lowest BCUT2D eigenvalue weighted by atomic mass is 10.0. The van der Waals surface area contributed by atoms with Crippen LogP contribution in [0.15, 0.2) is 59.0 Å². The summed E-state index contributed by atoms with van der Waals surface area (Å²) >= 11 is 0. The number of hydrogen-bond donors (Lipinski definition) is 1. The molecule has 1 amide bonds. The predicted octanol–water partition coefficient (Wildman–Crippen LogP) is 4.25. The fraction of sp³-hybridized carbons (Fsp3) is 0.286. The van der Waals surface area contributed by atoms with Crippen molar-refractivity contribution in [3.8, 4) is 11.5 Å². The number of amides is 1. The zero-order chi connectivity index (χ0) is 18.4. The first-order chi connectivity index (χ1) is 12.7. The zero-order valence-electron chi connectivity index (χ0n) is 15.1. The number of hydrogen-bond acceptors (Lipinski definition) is 4. The van der Waals surface area contributed by atoms with Gasteiger partial charge in [-0.1, -0.05) is 55.0 Å².